The van der Waals surface area contributed by atoms with E-state index in [9.17, 15) is 4.79 Å². The molecule has 0 aliphatic carbocycles. The van der Waals surface area contributed by atoms with Gasteiger partial charge in [-0.1, -0.05) is 6.92 Å². The molecule has 20 heavy (non-hydrogen) atoms. The Morgan fingerprint density at radius 2 is 2.30 bits per heavy atom. The summed E-state index contributed by atoms with van der Waals surface area (Å²) < 4.78 is 0. The fourth-order valence-electron chi connectivity index (χ4n) is 2.39. The summed E-state index contributed by atoms with van der Waals surface area (Å²) in [6.07, 6.45) is 3.59. The van der Waals surface area contributed by atoms with Crippen LogP contribution in [0.5, 0.6) is 0 Å². The SMILES string of the molecule is CC1CCN(CCCNC(=O)c2csc(CN)n2)CC1. The third-order valence-electron chi connectivity index (χ3n) is 3.77. The maximum Gasteiger partial charge on any atom is 0.270 e. The number of nitrogens with two attached hydrogens (primary N) is 1. The van der Waals surface area contributed by atoms with Crippen molar-refractivity contribution in [2.24, 2.45) is 11.7 Å². The number of nitrogens with zero attached hydrogens (tertiary/aromatic N) is 2. The van der Waals surface area contributed by atoms with Gasteiger partial charge in [0.15, 0.2) is 0 Å². The van der Waals surface area contributed by atoms with Crippen LogP contribution >= 0.6 is 11.3 Å². The topological polar surface area (TPSA) is 71.2 Å². The van der Waals surface area contributed by atoms with Crippen LogP contribution in [0.2, 0.25) is 0 Å². The molecule has 0 atom stereocenters. The van der Waals surface area contributed by atoms with Crippen molar-refractivity contribution in [3.63, 3.8) is 0 Å². The summed E-state index contributed by atoms with van der Waals surface area (Å²) in [5.41, 5.74) is 5.98. The average molecular weight is 296 g/mol. The van der Waals surface area contributed by atoms with E-state index >= 15 is 0 Å². The van der Waals surface area contributed by atoms with Crippen LogP contribution in [0.15, 0.2) is 5.38 Å². The van der Waals surface area contributed by atoms with E-state index in [1.807, 2.05) is 0 Å². The number of nitrogens with one attached hydrogen (secondary N) is 1. The molecule has 0 aromatic carbocycles. The zero-order chi connectivity index (χ0) is 14.4. The number of piperidine rings is 1. The molecule has 2 rings (SSSR count). The average Bonchev–Trinajstić information content (AvgIpc) is 2.94. The number of carbonyl (C=O) groups is 1. The Balaban J connectivity index is 1.62. The van der Waals surface area contributed by atoms with Crippen LogP contribution in [0.3, 0.4) is 0 Å². The molecule has 5 nitrogen and oxygen atoms in total. The fourth-order valence-corrected chi connectivity index (χ4v) is 3.04. The fraction of sp³-hybridized carbons (Fsp3) is 0.714. The number of aromatic nitrogens is 1. The van der Waals surface area contributed by atoms with Gasteiger partial charge in [-0.25, -0.2) is 4.98 Å². The van der Waals surface area contributed by atoms with E-state index in [1.165, 1.54) is 37.3 Å². The number of hydrogen-bond donors (Lipinski definition) is 2. The summed E-state index contributed by atoms with van der Waals surface area (Å²) in [7, 11) is 0. The first-order valence-electron chi connectivity index (χ1n) is 7.34. The lowest BCUT2D eigenvalue weighted by molar-refractivity contribution is 0.0946. The first-order valence-corrected chi connectivity index (χ1v) is 8.22. The zero-order valence-electron chi connectivity index (χ0n) is 12.1. The molecule has 0 spiro atoms. The predicted octanol–water partition coefficient (Wildman–Crippen LogP) is 1.45. The van der Waals surface area contributed by atoms with Gasteiger partial charge >= 0.3 is 0 Å². The Bertz CT molecular complexity index is 427. The van der Waals surface area contributed by atoms with Crippen molar-refractivity contribution in [1.29, 1.82) is 0 Å². The Morgan fingerprint density at radius 1 is 1.55 bits per heavy atom. The quantitative estimate of drug-likeness (QED) is 0.780. The van der Waals surface area contributed by atoms with Gasteiger partial charge in [-0.05, 0) is 44.8 Å². The van der Waals surface area contributed by atoms with Crippen LogP contribution < -0.4 is 11.1 Å². The van der Waals surface area contributed by atoms with Crippen LogP contribution in [0.4, 0.5) is 0 Å². The van der Waals surface area contributed by atoms with E-state index in [0.29, 0.717) is 18.8 Å². The van der Waals surface area contributed by atoms with Crippen LogP contribution in [-0.2, 0) is 6.54 Å². The van der Waals surface area contributed by atoms with Gasteiger partial charge in [-0.2, -0.15) is 0 Å². The maximum absolute atomic E-state index is 11.8. The Hall–Kier alpha value is -0.980. The van der Waals surface area contributed by atoms with Crippen molar-refractivity contribution < 1.29 is 4.79 Å². The summed E-state index contributed by atoms with van der Waals surface area (Å²) >= 11 is 1.43. The highest BCUT2D eigenvalue weighted by Gasteiger charge is 2.15. The van der Waals surface area contributed by atoms with E-state index in [-0.39, 0.29) is 5.91 Å². The zero-order valence-corrected chi connectivity index (χ0v) is 12.9. The number of thiazole rings is 1. The minimum Gasteiger partial charge on any atom is -0.351 e. The molecule has 6 heteroatoms. The number of carbonyl (C=O) groups excluding carboxylic acids is 1. The van der Waals surface area contributed by atoms with Gasteiger partial charge in [0.25, 0.3) is 5.91 Å². The lowest BCUT2D eigenvalue weighted by Gasteiger charge is -2.30. The molecule has 1 aromatic heterocycles. The summed E-state index contributed by atoms with van der Waals surface area (Å²) in [4.78, 5) is 18.5. The van der Waals surface area contributed by atoms with Gasteiger partial charge in [-0.3, -0.25) is 4.79 Å². The molecule has 0 bridgehead atoms. The Labute approximate surface area is 124 Å². The molecule has 0 saturated carbocycles. The summed E-state index contributed by atoms with van der Waals surface area (Å²) in [6, 6.07) is 0. The minimum atomic E-state index is -0.0896. The predicted molar refractivity (Wildman–Crippen MR) is 81.8 cm³/mol. The van der Waals surface area contributed by atoms with E-state index < -0.39 is 0 Å². The highest BCUT2D eigenvalue weighted by Crippen LogP contribution is 2.15. The molecule has 3 N–H and O–H groups in total. The summed E-state index contributed by atoms with van der Waals surface area (Å²) in [5, 5.41) is 5.49. The van der Waals surface area contributed by atoms with Gasteiger partial charge < -0.3 is 16.0 Å². The molecule has 1 amide bonds. The van der Waals surface area contributed by atoms with Crippen LogP contribution in [-0.4, -0.2) is 42.0 Å². The molecular formula is C14H24N4OS. The standard InChI is InChI=1S/C14H24N4OS/c1-11-3-7-18(8-4-11)6-2-5-16-14(19)12-10-20-13(9-15)17-12/h10-11H,2-9,15H2,1H3,(H,16,19). The Kier molecular flexibility index (Phi) is 5.94. The van der Waals surface area contributed by atoms with Crippen molar-refractivity contribution in [3.05, 3.63) is 16.1 Å². The Morgan fingerprint density at radius 3 is 2.95 bits per heavy atom. The smallest absolute Gasteiger partial charge is 0.270 e. The molecule has 1 aliphatic rings. The summed E-state index contributed by atoms with van der Waals surface area (Å²) in [5.74, 6) is 0.778. The largest absolute Gasteiger partial charge is 0.351 e. The van der Waals surface area contributed by atoms with Crippen LogP contribution in [0.25, 0.3) is 0 Å². The number of rotatable bonds is 6. The normalized spacial score (nSPS) is 17.3. The highest BCUT2D eigenvalue weighted by molar-refractivity contribution is 7.09. The van der Waals surface area contributed by atoms with Gasteiger partial charge in [0.2, 0.25) is 0 Å². The van der Waals surface area contributed by atoms with Crippen LogP contribution in [0.1, 0.15) is 41.7 Å². The summed E-state index contributed by atoms with van der Waals surface area (Å²) in [6.45, 7) is 6.88. The highest BCUT2D eigenvalue weighted by atomic mass is 32.1. The molecule has 1 aliphatic heterocycles. The van der Waals surface area contributed by atoms with E-state index in [0.717, 1.165) is 23.9 Å². The van der Waals surface area contributed by atoms with E-state index in [1.54, 1.807) is 5.38 Å². The van der Waals surface area contributed by atoms with Crippen LogP contribution in [0, 0.1) is 5.92 Å². The minimum absolute atomic E-state index is 0.0896. The second-order valence-electron chi connectivity index (χ2n) is 5.46. The van der Waals surface area contributed by atoms with Gasteiger partial charge in [0.1, 0.15) is 10.7 Å². The van der Waals surface area contributed by atoms with Gasteiger partial charge in [0, 0.05) is 18.5 Å². The first kappa shape index (κ1) is 15.4. The number of likely N-dealkylation sites (tertiary alicyclic amines) is 1. The second kappa shape index (κ2) is 7.71. The molecule has 2 heterocycles. The number of amides is 1. The second-order valence-corrected chi connectivity index (χ2v) is 6.41. The van der Waals surface area contributed by atoms with E-state index in [2.05, 4.69) is 22.1 Å². The van der Waals surface area contributed by atoms with Gasteiger partial charge in [0.05, 0.1) is 0 Å². The molecule has 1 saturated heterocycles. The van der Waals surface area contributed by atoms with Crippen molar-refractivity contribution in [2.45, 2.75) is 32.7 Å². The molecule has 1 aromatic rings. The van der Waals surface area contributed by atoms with Crippen molar-refractivity contribution in [1.82, 2.24) is 15.2 Å². The third-order valence-corrected chi connectivity index (χ3v) is 4.64. The molecule has 1 fully saturated rings. The van der Waals surface area contributed by atoms with Crippen molar-refractivity contribution in [3.8, 4) is 0 Å². The first-order chi connectivity index (χ1) is 9.69. The third kappa shape index (κ3) is 4.54. The monoisotopic (exact) mass is 296 g/mol. The van der Waals surface area contributed by atoms with Crippen molar-refractivity contribution >= 4 is 17.2 Å². The molecular weight excluding hydrogens is 272 g/mol. The molecule has 112 valence electrons. The van der Waals surface area contributed by atoms with Crippen molar-refractivity contribution in [2.75, 3.05) is 26.2 Å². The lowest BCUT2D eigenvalue weighted by atomic mass is 9.99. The number of hydrogen-bond acceptors (Lipinski definition) is 5. The van der Waals surface area contributed by atoms with Gasteiger partial charge in [-0.15, -0.1) is 11.3 Å². The molecule has 0 unspecified atom stereocenters. The lowest BCUT2D eigenvalue weighted by Crippen LogP contribution is -2.35. The van der Waals surface area contributed by atoms with E-state index in [4.69, 9.17) is 5.73 Å². The maximum atomic E-state index is 11.8. The molecule has 0 radical (unpaired) electrons.